The fraction of sp³-hybridized carbons (Fsp3) is 0.280. The molecular formula is C25H27N3O. The van der Waals surface area contributed by atoms with Gasteiger partial charge in [-0.25, -0.2) is 0 Å². The van der Waals surface area contributed by atoms with Crippen molar-refractivity contribution in [3.63, 3.8) is 0 Å². The second-order valence-corrected chi connectivity index (χ2v) is 7.28. The first-order chi connectivity index (χ1) is 14.1. The zero-order valence-corrected chi connectivity index (χ0v) is 17.1. The molecule has 1 N–H and O–H groups in total. The molecule has 1 amide bonds. The summed E-state index contributed by atoms with van der Waals surface area (Å²) in [4.78, 5) is 12.5. The Morgan fingerprint density at radius 1 is 1.17 bits per heavy atom. The van der Waals surface area contributed by atoms with Gasteiger partial charge in [-0.2, -0.15) is 5.26 Å². The highest BCUT2D eigenvalue weighted by molar-refractivity contribution is 6.04. The van der Waals surface area contributed by atoms with E-state index in [-0.39, 0.29) is 11.5 Å². The quantitative estimate of drug-likeness (QED) is 0.326. The van der Waals surface area contributed by atoms with Crippen molar-refractivity contribution in [1.82, 2.24) is 9.88 Å². The lowest BCUT2D eigenvalue weighted by atomic mass is 10.1. The second kappa shape index (κ2) is 9.75. The van der Waals surface area contributed by atoms with E-state index in [0.717, 1.165) is 35.7 Å². The zero-order chi connectivity index (χ0) is 20.6. The number of nitrogens with one attached hydrogen (secondary N) is 1. The van der Waals surface area contributed by atoms with Gasteiger partial charge in [0.2, 0.25) is 0 Å². The van der Waals surface area contributed by atoms with Crippen LogP contribution in [0.15, 0.2) is 66.4 Å². The van der Waals surface area contributed by atoms with Gasteiger partial charge in [0.05, 0.1) is 0 Å². The predicted octanol–water partition coefficient (Wildman–Crippen LogP) is 5.27. The van der Waals surface area contributed by atoms with Crippen LogP contribution in [0, 0.1) is 11.3 Å². The van der Waals surface area contributed by atoms with Gasteiger partial charge >= 0.3 is 0 Å². The molecule has 0 unspecified atom stereocenters. The number of carbonyl (C=O) groups excluding carboxylic acids is 1. The topological polar surface area (TPSA) is 57.8 Å². The summed E-state index contributed by atoms with van der Waals surface area (Å²) >= 11 is 0. The highest BCUT2D eigenvalue weighted by Gasteiger charge is 2.14. The molecule has 3 rings (SSSR count). The smallest absolute Gasteiger partial charge is 0.261 e. The maximum Gasteiger partial charge on any atom is 0.261 e. The van der Waals surface area contributed by atoms with Gasteiger partial charge in [-0.1, -0.05) is 55.5 Å². The molecule has 0 bridgehead atoms. The predicted molar refractivity (Wildman–Crippen MR) is 118 cm³/mol. The number of amides is 1. The van der Waals surface area contributed by atoms with Crippen LogP contribution >= 0.6 is 0 Å². The van der Waals surface area contributed by atoms with Crippen molar-refractivity contribution in [2.24, 2.45) is 0 Å². The number of aromatic nitrogens is 1. The molecule has 1 atom stereocenters. The van der Waals surface area contributed by atoms with Crippen LogP contribution in [-0.2, 0) is 11.2 Å². The molecule has 1 aromatic heterocycles. The fourth-order valence-electron chi connectivity index (χ4n) is 3.45. The van der Waals surface area contributed by atoms with Gasteiger partial charge < -0.3 is 9.88 Å². The van der Waals surface area contributed by atoms with Crippen LogP contribution in [0.25, 0.3) is 17.0 Å². The molecule has 0 aliphatic carbocycles. The molecule has 1 heterocycles. The molecule has 0 saturated carbocycles. The highest BCUT2D eigenvalue weighted by atomic mass is 16.1. The van der Waals surface area contributed by atoms with Crippen molar-refractivity contribution >= 4 is 22.9 Å². The van der Waals surface area contributed by atoms with Crippen LogP contribution in [0.3, 0.4) is 0 Å². The Labute approximate surface area is 172 Å². The Morgan fingerprint density at radius 3 is 2.62 bits per heavy atom. The molecule has 0 fully saturated rings. The van der Waals surface area contributed by atoms with Gasteiger partial charge in [0.15, 0.2) is 0 Å². The molecule has 148 valence electrons. The van der Waals surface area contributed by atoms with E-state index < -0.39 is 0 Å². The summed E-state index contributed by atoms with van der Waals surface area (Å²) in [5.74, 6) is -0.319. The Morgan fingerprint density at radius 2 is 1.90 bits per heavy atom. The van der Waals surface area contributed by atoms with Crippen LogP contribution in [0.5, 0.6) is 0 Å². The number of hydrogen-bond acceptors (Lipinski definition) is 2. The molecule has 0 aliphatic rings. The summed E-state index contributed by atoms with van der Waals surface area (Å²) in [7, 11) is 0. The number of fused-ring (bicyclic) bond motifs is 1. The SMILES string of the molecule is CC[C@@H](C)n1cc(/C=C(/C#N)C(=O)NCCCc2ccccc2)c2ccccc21. The number of benzene rings is 2. The molecule has 0 saturated heterocycles. The number of carbonyl (C=O) groups is 1. The molecule has 3 aromatic rings. The third-order valence-electron chi connectivity index (χ3n) is 5.27. The highest BCUT2D eigenvalue weighted by Crippen LogP contribution is 2.27. The Balaban J connectivity index is 1.72. The van der Waals surface area contributed by atoms with Crippen LogP contribution in [0.1, 0.15) is 43.9 Å². The van der Waals surface area contributed by atoms with E-state index >= 15 is 0 Å². The lowest BCUT2D eigenvalue weighted by molar-refractivity contribution is -0.117. The summed E-state index contributed by atoms with van der Waals surface area (Å²) in [5, 5.41) is 13.5. The maximum atomic E-state index is 12.5. The molecule has 29 heavy (non-hydrogen) atoms. The number of para-hydroxylation sites is 1. The zero-order valence-electron chi connectivity index (χ0n) is 17.1. The minimum Gasteiger partial charge on any atom is -0.351 e. The van der Waals surface area contributed by atoms with Crippen molar-refractivity contribution < 1.29 is 4.79 Å². The van der Waals surface area contributed by atoms with Crippen molar-refractivity contribution in [1.29, 1.82) is 5.26 Å². The Kier molecular flexibility index (Phi) is 6.86. The lowest BCUT2D eigenvalue weighted by Crippen LogP contribution is -2.25. The minimum atomic E-state index is -0.319. The fourth-order valence-corrected chi connectivity index (χ4v) is 3.45. The van der Waals surface area contributed by atoms with Gasteiger partial charge in [0, 0.05) is 35.2 Å². The number of nitriles is 1. The molecule has 2 aromatic carbocycles. The van der Waals surface area contributed by atoms with Crippen molar-refractivity contribution in [2.75, 3.05) is 6.54 Å². The third kappa shape index (κ3) is 4.94. The normalized spacial score (nSPS) is 12.5. The van der Waals surface area contributed by atoms with E-state index in [1.54, 1.807) is 6.08 Å². The lowest BCUT2D eigenvalue weighted by Gasteiger charge is -2.12. The van der Waals surface area contributed by atoms with Crippen LogP contribution in [0.2, 0.25) is 0 Å². The van der Waals surface area contributed by atoms with Crippen LogP contribution < -0.4 is 5.32 Å². The van der Waals surface area contributed by atoms with E-state index in [0.29, 0.717) is 12.6 Å². The summed E-state index contributed by atoms with van der Waals surface area (Å²) in [6, 6.07) is 20.7. The molecule has 0 spiro atoms. The van der Waals surface area contributed by atoms with Gasteiger partial charge in [0.1, 0.15) is 11.6 Å². The third-order valence-corrected chi connectivity index (χ3v) is 5.27. The first kappa shape index (κ1) is 20.4. The van der Waals surface area contributed by atoms with Gasteiger partial charge in [0.25, 0.3) is 5.91 Å². The number of nitrogens with zero attached hydrogens (tertiary/aromatic N) is 2. The number of hydrogen-bond donors (Lipinski definition) is 1. The number of aryl methyl sites for hydroxylation is 1. The minimum absolute atomic E-state index is 0.136. The first-order valence-corrected chi connectivity index (χ1v) is 10.2. The van der Waals surface area contributed by atoms with Crippen LogP contribution in [-0.4, -0.2) is 17.0 Å². The maximum absolute atomic E-state index is 12.5. The van der Waals surface area contributed by atoms with E-state index in [4.69, 9.17) is 0 Å². The Hall–Kier alpha value is -3.32. The van der Waals surface area contributed by atoms with E-state index in [1.165, 1.54) is 5.56 Å². The largest absolute Gasteiger partial charge is 0.351 e. The van der Waals surface area contributed by atoms with E-state index in [2.05, 4.69) is 48.0 Å². The molecule has 4 nitrogen and oxygen atoms in total. The average Bonchev–Trinajstić information content (AvgIpc) is 3.13. The standard InChI is InChI=1S/C25H27N3O/c1-3-19(2)28-18-22(23-13-7-8-14-24(23)28)16-21(17-26)25(29)27-15-9-12-20-10-5-4-6-11-20/h4-8,10-11,13-14,16,18-19H,3,9,12,15H2,1-2H3,(H,27,29)/b21-16-/t19-/m1/s1. The monoisotopic (exact) mass is 385 g/mol. The molecule has 0 aliphatic heterocycles. The molecule has 0 radical (unpaired) electrons. The van der Waals surface area contributed by atoms with Gasteiger partial charge in [-0.05, 0) is 43.9 Å². The summed E-state index contributed by atoms with van der Waals surface area (Å²) < 4.78 is 2.22. The Bertz CT molecular complexity index is 1040. The summed E-state index contributed by atoms with van der Waals surface area (Å²) in [6.07, 6.45) is 6.48. The average molecular weight is 386 g/mol. The van der Waals surface area contributed by atoms with Crippen molar-refractivity contribution in [2.45, 2.75) is 39.2 Å². The summed E-state index contributed by atoms with van der Waals surface area (Å²) in [6.45, 7) is 4.87. The van der Waals surface area contributed by atoms with Crippen molar-refractivity contribution in [3.05, 3.63) is 77.5 Å². The van der Waals surface area contributed by atoms with E-state index in [1.807, 2.05) is 42.6 Å². The van der Waals surface area contributed by atoms with Gasteiger partial charge in [-0.3, -0.25) is 4.79 Å². The first-order valence-electron chi connectivity index (χ1n) is 10.2. The van der Waals surface area contributed by atoms with Gasteiger partial charge in [-0.15, -0.1) is 0 Å². The molecular weight excluding hydrogens is 358 g/mol. The molecule has 4 heteroatoms. The van der Waals surface area contributed by atoms with E-state index in [9.17, 15) is 10.1 Å². The summed E-state index contributed by atoms with van der Waals surface area (Å²) in [5.41, 5.74) is 3.40. The number of rotatable bonds is 8. The second-order valence-electron chi connectivity index (χ2n) is 7.28. The van der Waals surface area contributed by atoms with Crippen molar-refractivity contribution in [3.8, 4) is 6.07 Å². The van der Waals surface area contributed by atoms with Crippen LogP contribution in [0.4, 0.5) is 0 Å².